The van der Waals surface area contributed by atoms with Gasteiger partial charge in [-0.25, -0.2) is 0 Å². The number of amides is 1. The molecular weight excluding hydrogens is 400 g/mol. The first-order valence-electron chi connectivity index (χ1n) is 9.79. The smallest absolute Gasteiger partial charge is 0.278 e. The molecule has 3 rings (SSSR count). The fraction of sp³-hybridized carbons (Fsp3) is 0.318. The molecule has 0 spiro atoms. The number of carbonyl (C=O) groups excluding carboxylic acids is 1. The topological polar surface area (TPSA) is 103 Å². The Morgan fingerprint density at radius 3 is 2.43 bits per heavy atom. The van der Waals surface area contributed by atoms with E-state index >= 15 is 0 Å². The van der Waals surface area contributed by atoms with Crippen LogP contribution in [-0.4, -0.2) is 34.6 Å². The number of rotatable bonds is 9. The summed E-state index contributed by atoms with van der Waals surface area (Å²) in [6.45, 7) is 6.88. The maximum absolute atomic E-state index is 12.2. The minimum absolute atomic E-state index is 0.110. The molecule has 1 unspecified atom stereocenters. The van der Waals surface area contributed by atoms with Crippen LogP contribution in [0.3, 0.4) is 0 Å². The molecule has 8 heteroatoms. The van der Waals surface area contributed by atoms with E-state index in [4.69, 9.17) is 14.9 Å². The average molecular weight is 427 g/mol. The van der Waals surface area contributed by atoms with E-state index in [9.17, 15) is 4.79 Å². The predicted molar refractivity (Wildman–Crippen MR) is 118 cm³/mol. The highest BCUT2D eigenvalue weighted by Gasteiger charge is 2.11. The summed E-state index contributed by atoms with van der Waals surface area (Å²) >= 11 is 1.31. The fourth-order valence-corrected chi connectivity index (χ4v) is 3.21. The van der Waals surface area contributed by atoms with Gasteiger partial charge in [0, 0.05) is 11.1 Å². The Bertz CT molecular complexity index is 953. The second-order valence-electron chi connectivity index (χ2n) is 7.10. The van der Waals surface area contributed by atoms with E-state index in [2.05, 4.69) is 29.4 Å². The summed E-state index contributed by atoms with van der Waals surface area (Å²) in [5.41, 5.74) is 8.36. The molecule has 3 N–H and O–H groups in total. The molecule has 7 nitrogen and oxygen atoms in total. The summed E-state index contributed by atoms with van der Waals surface area (Å²) in [6.07, 6.45) is 0. The van der Waals surface area contributed by atoms with Crippen molar-refractivity contribution in [2.45, 2.75) is 37.3 Å². The molecule has 2 aromatic carbocycles. The maximum Gasteiger partial charge on any atom is 0.278 e. The monoisotopic (exact) mass is 426 g/mol. The van der Waals surface area contributed by atoms with Crippen LogP contribution in [0, 0.1) is 0 Å². The molecule has 0 radical (unpaired) electrons. The van der Waals surface area contributed by atoms with Gasteiger partial charge in [-0.15, -0.1) is 10.2 Å². The number of nitrogens with zero attached hydrogens (tertiary/aromatic N) is 2. The van der Waals surface area contributed by atoms with Crippen LogP contribution in [0.4, 0.5) is 0 Å². The lowest BCUT2D eigenvalue weighted by atomic mass is 10.0. The number of ether oxygens (including phenoxy) is 1. The van der Waals surface area contributed by atoms with E-state index < -0.39 is 0 Å². The number of thioether (sulfide) groups is 1. The molecule has 3 aromatic rings. The quantitative estimate of drug-likeness (QED) is 0.302. The highest BCUT2D eigenvalue weighted by molar-refractivity contribution is 7.99. The van der Waals surface area contributed by atoms with Crippen molar-refractivity contribution < 1.29 is 13.9 Å². The van der Waals surface area contributed by atoms with Gasteiger partial charge in [0.1, 0.15) is 12.4 Å². The van der Waals surface area contributed by atoms with Gasteiger partial charge >= 0.3 is 0 Å². The second kappa shape index (κ2) is 10.3. The Balaban J connectivity index is 1.45. The highest BCUT2D eigenvalue weighted by Crippen LogP contribution is 2.25. The van der Waals surface area contributed by atoms with Crippen LogP contribution in [0.5, 0.6) is 5.75 Å². The van der Waals surface area contributed by atoms with Crippen LogP contribution in [0.25, 0.3) is 11.5 Å². The van der Waals surface area contributed by atoms with Gasteiger partial charge in [0.2, 0.25) is 5.89 Å². The molecule has 0 bridgehead atoms. The van der Waals surface area contributed by atoms with Gasteiger partial charge in [-0.3, -0.25) is 4.79 Å². The first kappa shape index (κ1) is 21.9. The third kappa shape index (κ3) is 6.08. The van der Waals surface area contributed by atoms with Gasteiger partial charge < -0.3 is 20.2 Å². The van der Waals surface area contributed by atoms with Crippen LogP contribution in [0.1, 0.15) is 42.6 Å². The molecule has 158 valence electrons. The summed E-state index contributed by atoms with van der Waals surface area (Å²) < 4.78 is 11.3. The molecule has 1 heterocycles. The van der Waals surface area contributed by atoms with E-state index in [0.29, 0.717) is 41.5 Å². The summed E-state index contributed by atoms with van der Waals surface area (Å²) in [7, 11) is 0. The van der Waals surface area contributed by atoms with Crippen LogP contribution < -0.4 is 15.8 Å². The van der Waals surface area contributed by atoms with E-state index in [0.717, 1.165) is 5.56 Å². The molecule has 0 saturated heterocycles. The zero-order valence-electron chi connectivity index (χ0n) is 17.3. The standard InChI is InChI=1S/C22H26N4O3S/c1-14(2)16-4-6-17(7-5-16)20(27)24-12-13-28-19-10-8-18(9-11-19)21-25-26-22(29-21)30-15(3)23/h4-11,14-15H,12-13,23H2,1-3H3,(H,24,27). The Labute approximate surface area is 180 Å². The van der Waals surface area contributed by atoms with Crippen molar-refractivity contribution >= 4 is 17.7 Å². The molecule has 0 aliphatic carbocycles. The van der Waals surface area contributed by atoms with E-state index in [1.54, 1.807) is 0 Å². The average Bonchev–Trinajstić information content (AvgIpc) is 3.19. The van der Waals surface area contributed by atoms with Gasteiger partial charge in [0.05, 0.1) is 11.9 Å². The Kier molecular flexibility index (Phi) is 7.48. The van der Waals surface area contributed by atoms with Gasteiger partial charge in [-0.05, 0) is 66.6 Å². The Hall–Kier alpha value is -2.84. The van der Waals surface area contributed by atoms with Crippen molar-refractivity contribution in [3.8, 4) is 17.2 Å². The molecular formula is C22H26N4O3S. The van der Waals surface area contributed by atoms with Gasteiger partial charge in [0.15, 0.2) is 0 Å². The van der Waals surface area contributed by atoms with Crippen LogP contribution in [0.2, 0.25) is 0 Å². The lowest BCUT2D eigenvalue weighted by Gasteiger charge is -2.09. The summed E-state index contributed by atoms with van der Waals surface area (Å²) in [6, 6.07) is 15.0. The lowest BCUT2D eigenvalue weighted by Crippen LogP contribution is -2.28. The minimum atomic E-state index is -0.117. The lowest BCUT2D eigenvalue weighted by molar-refractivity contribution is 0.0947. The summed E-state index contributed by atoms with van der Waals surface area (Å²) in [5.74, 6) is 1.46. The fourth-order valence-electron chi connectivity index (χ4n) is 2.68. The van der Waals surface area contributed by atoms with Crippen molar-refractivity contribution in [3.63, 3.8) is 0 Å². The molecule has 1 atom stereocenters. The molecule has 0 fully saturated rings. The van der Waals surface area contributed by atoms with Crippen molar-refractivity contribution in [1.82, 2.24) is 15.5 Å². The van der Waals surface area contributed by atoms with E-state index in [-0.39, 0.29) is 11.3 Å². The van der Waals surface area contributed by atoms with Crippen LogP contribution in [-0.2, 0) is 0 Å². The van der Waals surface area contributed by atoms with Gasteiger partial charge in [0.25, 0.3) is 11.1 Å². The van der Waals surface area contributed by atoms with E-state index in [1.165, 1.54) is 17.3 Å². The number of benzene rings is 2. The molecule has 0 aliphatic heterocycles. The predicted octanol–water partition coefficient (Wildman–Crippen LogP) is 4.07. The summed E-state index contributed by atoms with van der Waals surface area (Å²) in [5, 5.41) is 11.2. The molecule has 1 aromatic heterocycles. The van der Waals surface area contributed by atoms with Crippen LogP contribution in [0.15, 0.2) is 58.2 Å². The van der Waals surface area contributed by atoms with Gasteiger partial charge in [-0.2, -0.15) is 0 Å². The Morgan fingerprint density at radius 2 is 1.80 bits per heavy atom. The van der Waals surface area contributed by atoms with Crippen molar-refractivity contribution in [1.29, 1.82) is 0 Å². The largest absolute Gasteiger partial charge is 0.492 e. The zero-order valence-corrected chi connectivity index (χ0v) is 18.1. The number of aromatic nitrogens is 2. The molecule has 30 heavy (non-hydrogen) atoms. The molecule has 1 amide bonds. The summed E-state index contributed by atoms with van der Waals surface area (Å²) in [4.78, 5) is 12.2. The van der Waals surface area contributed by atoms with Gasteiger partial charge in [-0.1, -0.05) is 26.0 Å². The minimum Gasteiger partial charge on any atom is -0.492 e. The number of hydrogen-bond acceptors (Lipinski definition) is 7. The number of nitrogens with two attached hydrogens (primary N) is 1. The third-order valence-electron chi connectivity index (χ3n) is 4.29. The van der Waals surface area contributed by atoms with Crippen molar-refractivity contribution in [2.24, 2.45) is 5.73 Å². The second-order valence-corrected chi connectivity index (χ2v) is 8.43. The number of hydrogen-bond donors (Lipinski definition) is 2. The number of carbonyl (C=O) groups is 1. The third-order valence-corrected chi connectivity index (χ3v) is 5.03. The maximum atomic E-state index is 12.2. The van der Waals surface area contributed by atoms with Crippen molar-refractivity contribution in [3.05, 3.63) is 59.7 Å². The Morgan fingerprint density at radius 1 is 1.10 bits per heavy atom. The highest BCUT2D eigenvalue weighted by atomic mass is 32.2. The van der Waals surface area contributed by atoms with Crippen molar-refractivity contribution in [2.75, 3.05) is 13.2 Å². The number of nitrogens with one attached hydrogen (secondary N) is 1. The van der Waals surface area contributed by atoms with Crippen LogP contribution >= 0.6 is 11.8 Å². The first-order chi connectivity index (χ1) is 14.4. The first-order valence-corrected chi connectivity index (χ1v) is 10.7. The molecule has 0 saturated carbocycles. The zero-order chi connectivity index (χ0) is 21.5. The SMILES string of the molecule is CC(N)Sc1nnc(-c2ccc(OCCNC(=O)c3ccc(C(C)C)cc3)cc2)o1. The van der Waals surface area contributed by atoms with E-state index in [1.807, 2.05) is 55.5 Å². The normalized spacial score (nSPS) is 12.0. The molecule has 0 aliphatic rings.